The van der Waals surface area contributed by atoms with Gasteiger partial charge in [0, 0.05) is 24.8 Å². The van der Waals surface area contributed by atoms with Crippen LogP contribution < -0.4 is 10.7 Å². The van der Waals surface area contributed by atoms with Gasteiger partial charge < -0.3 is 10.2 Å². The van der Waals surface area contributed by atoms with E-state index in [4.69, 9.17) is 11.6 Å². The van der Waals surface area contributed by atoms with Crippen LogP contribution in [-0.2, 0) is 0 Å². The Labute approximate surface area is 150 Å². The van der Waals surface area contributed by atoms with Crippen LogP contribution in [0.2, 0.25) is 0 Å². The third-order valence-corrected chi connectivity index (χ3v) is 5.93. The van der Waals surface area contributed by atoms with Crippen molar-refractivity contribution in [1.82, 2.24) is 15.6 Å². The molecule has 1 saturated heterocycles. The molecule has 2 aliphatic heterocycles. The van der Waals surface area contributed by atoms with Crippen molar-refractivity contribution in [3.05, 3.63) is 35.3 Å². The highest BCUT2D eigenvalue weighted by molar-refractivity contribution is 6.33. The van der Waals surface area contributed by atoms with E-state index in [9.17, 15) is 0 Å². The maximum absolute atomic E-state index is 6.40. The Morgan fingerprint density at radius 1 is 1.38 bits per heavy atom. The van der Waals surface area contributed by atoms with Gasteiger partial charge in [0.2, 0.25) is 0 Å². The first-order valence-electron chi connectivity index (χ1n) is 9.12. The summed E-state index contributed by atoms with van der Waals surface area (Å²) in [5.41, 5.74) is 5.68. The minimum atomic E-state index is 0.599. The van der Waals surface area contributed by atoms with E-state index in [1.165, 1.54) is 37.8 Å². The fraction of sp³-hybridized carbons (Fsp3) is 0.632. The molecule has 3 rings (SSSR count). The molecule has 2 N–H and O–H groups in total. The van der Waals surface area contributed by atoms with Crippen LogP contribution in [0.1, 0.15) is 45.4 Å². The van der Waals surface area contributed by atoms with Crippen molar-refractivity contribution in [3.63, 3.8) is 0 Å². The lowest BCUT2D eigenvalue weighted by Crippen LogP contribution is -2.31. The molecule has 2 heterocycles. The summed E-state index contributed by atoms with van der Waals surface area (Å²) in [5, 5.41) is 8.49. The number of halogens is 1. The number of hydrazone groups is 1. The Kier molecular flexibility index (Phi) is 5.54. The molecule has 0 amide bonds. The predicted molar refractivity (Wildman–Crippen MR) is 102 cm³/mol. The molecule has 24 heavy (non-hydrogen) atoms. The van der Waals surface area contributed by atoms with Crippen LogP contribution in [0.5, 0.6) is 0 Å². The highest BCUT2D eigenvalue weighted by Gasteiger charge is 2.32. The minimum absolute atomic E-state index is 0.599. The first kappa shape index (κ1) is 17.4. The van der Waals surface area contributed by atoms with E-state index in [-0.39, 0.29) is 0 Å². The van der Waals surface area contributed by atoms with E-state index in [0.717, 1.165) is 25.2 Å². The summed E-state index contributed by atoms with van der Waals surface area (Å²) in [6.07, 6.45) is 9.51. The standard InChI is InChI=1S/C19H29ClN4/c1-13-11-24(18-10-21-23-15(3)19(18)20)12-16(13)9-14(2)22-17-7-5-4-6-8-17/h10,13,16-17,22-23H,2-9,11-12H2,1H3. The first-order chi connectivity index (χ1) is 11.5. The normalized spacial score (nSPS) is 28.2. The first-order valence-corrected chi connectivity index (χ1v) is 9.49. The molecule has 1 saturated carbocycles. The van der Waals surface area contributed by atoms with Crippen LogP contribution in [-0.4, -0.2) is 30.2 Å². The van der Waals surface area contributed by atoms with Crippen LogP contribution in [0.25, 0.3) is 0 Å². The lowest BCUT2D eigenvalue weighted by atomic mass is 9.92. The van der Waals surface area contributed by atoms with Gasteiger partial charge in [-0.25, -0.2) is 0 Å². The average molecular weight is 349 g/mol. The monoisotopic (exact) mass is 348 g/mol. The summed E-state index contributed by atoms with van der Waals surface area (Å²) in [7, 11) is 0. The SMILES string of the molecule is C=C(CC1CN(C2=C(Cl)C(=C)NN=C2)CC1C)NC1CCCCC1. The molecular formula is C19H29ClN4. The lowest BCUT2D eigenvalue weighted by molar-refractivity contribution is 0.372. The van der Waals surface area contributed by atoms with Gasteiger partial charge in [-0.15, -0.1) is 0 Å². The van der Waals surface area contributed by atoms with Gasteiger partial charge in [-0.2, -0.15) is 5.10 Å². The van der Waals surface area contributed by atoms with E-state index in [1.807, 2.05) is 0 Å². The Morgan fingerprint density at radius 3 is 2.88 bits per heavy atom. The van der Waals surface area contributed by atoms with Gasteiger partial charge >= 0.3 is 0 Å². The second-order valence-corrected chi connectivity index (χ2v) is 7.86. The van der Waals surface area contributed by atoms with Gasteiger partial charge in [0.05, 0.1) is 22.6 Å². The Hall–Kier alpha value is -1.42. The van der Waals surface area contributed by atoms with Gasteiger partial charge in [0.25, 0.3) is 0 Å². The Bertz CT molecular complexity index is 560. The van der Waals surface area contributed by atoms with E-state index in [2.05, 4.69) is 40.8 Å². The van der Waals surface area contributed by atoms with Crippen LogP contribution in [0.15, 0.2) is 40.4 Å². The van der Waals surface area contributed by atoms with Crippen molar-refractivity contribution in [3.8, 4) is 0 Å². The molecule has 2 unspecified atom stereocenters. The number of nitrogens with one attached hydrogen (secondary N) is 2. The number of hydrogen-bond donors (Lipinski definition) is 2. The average Bonchev–Trinajstić information content (AvgIpc) is 2.91. The lowest BCUT2D eigenvalue weighted by Gasteiger charge is -2.27. The van der Waals surface area contributed by atoms with E-state index >= 15 is 0 Å². The van der Waals surface area contributed by atoms with E-state index in [0.29, 0.717) is 28.6 Å². The molecule has 4 nitrogen and oxygen atoms in total. The van der Waals surface area contributed by atoms with E-state index in [1.54, 1.807) is 6.21 Å². The maximum atomic E-state index is 6.40. The molecule has 0 radical (unpaired) electrons. The molecule has 2 atom stereocenters. The van der Waals surface area contributed by atoms with Gasteiger partial charge in [0.1, 0.15) is 0 Å². The summed E-state index contributed by atoms with van der Waals surface area (Å²) in [5.74, 6) is 1.21. The van der Waals surface area contributed by atoms with Crippen LogP contribution in [0.3, 0.4) is 0 Å². The van der Waals surface area contributed by atoms with Crippen molar-refractivity contribution in [2.24, 2.45) is 16.9 Å². The van der Waals surface area contributed by atoms with Crippen LogP contribution >= 0.6 is 11.6 Å². The molecule has 0 aromatic rings. The summed E-state index contributed by atoms with van der Waals surface area (Å²) in [6, 6.07) is 0.635. The summed E-state index contributed by atoms with van der Waals surface area (Å²) in [6.45, 7) is 12.5. The Balaban J connectivity index is 1.56. The van der Waals surface area contributed by atoms with Gasteiger partial charge in [-0.05, 0) is 31.1 Å². The number of likely N-dealkylation sites (tertiary alicyclic amines) is 1. The minimum Gasteiger partial charge on any atom is -0.386 e. The van der Waals surface area contributed by atoms with Crippen LogP contribution in [0, 0.1) is 11.8 Å². The summed E-state index contributed by atoms with van der Waals surface area (Å²) in [4.78, 5) is 2.33. The zero-order valence-corrected chi connectivity index (χ0v) is 15.4. The molecular weight excluding hydrogens is 320 g/mol. The topological polar surface area (TPSA) is 39.7 Å². The molecule has 132 valence electrons. The van der Waals surface area contributed by atoms with Crippen molar-refractivity contribution >= 4 is 17.8 Å². The van der Waals surface area contributed by atoms with Gasteiger partial charge in [0.15, 0.2) is 0 Å². The Morgan fingerprint density at radius 2 is 2.12 bits per heavy atom. The summed E-state index contributed by atoms with van der Waals surface area (Å²) >= 11 is 6.40. The van der Waals surface area contributed by atoms with Crippen molar-refractivity contribution < 1.29 is 0 Å². The van der Waals surface area contributed by atoms with Crippen molar-refractivity contribution in [1.29, 1.82) is 0 Å². The largest absolute Gasteiger partial charge is 0.386 e. The fourth-order valence-corrected chi connectivity index (χ4v) is 4.27. The molecule has 1 aliphatic carbocycles. The van der Waals surface area contributed by atoms with Gasteiger partial charge in [-0.1, -0.05) is 50.9 Å². The van der Waals surface area contributed by atoms with Crippen LogP contribution in [0.4, 0.5) is 0 Å². The molecule has 2 fully saturated rings. The zero-order chi connectivity index (χ0) is 17.1. The third kappa shape index (κ3) is 3.97. The molecule has 0 aromatic heterocycles. The number of nitrogens with zero attached hydrogens (tertiary/aromatic N) is 2. The molecule has 0 spiro atoms. The second kappa shape index (κ2) is 7.64. The predicted octanol–water partition coefficient (Wildman–Crippen LogP) is 3.93. The fourth-order valence-electron chi connectivity index (χ4n) is 4.06. The van der Waals surface area contributed by atoms with Crippen molar-refractivity contribution in [2.75, 3.05) is 13.1 Å². The number of allylic oxidation sites excluding steroid dienone is 3. The van der Waals surface area contributed by atoms with Gasteiger partial charge in [-0.3, -0.25) is 5.43 Å². The maximum Gasteiger partial charge on any atom is 0.0900 e. The van der Waals surface area contributed by atoms with E-state index < -0.39 is 0 Å². The molecule has 0 aromatic carbocycles. The molecule has 0 bridgehead atoms. The quantitative estimate of drug-likeness (QED) is 0.790. The number of hydrogen-bond acceptors (Lipinski definition) is 4. The molecule has 5 heteroatoms. The highest BCUT2D eigenvalue weighted by atomic mass is 35.5. The summed E-state index contributed by atoms with van der Waals surface area (Å²) < 4.78 is 0. The molecule has 3 aliphatic rings. The smallest absolute Gasteiger partial charge is 0.0900 e. The number of rotatable bonds is 5. The van der Waals surface area contributed by atoms with Crippen molar-refractivity contribution in [2.45, 2.75) is 51.5 Å². The zero-order valence-electron chi connectivity index (χ0n) is 14.7. The highest BCUT2D eigenvalue weighted by Crippen LogP contribution is 2.33. The third-order valence-electron chi connectivity index (χ3n) is 5.51. The second-order valence-electron chi connectivity index (χ2n) is 7.48.